The van der Waals surface area contributed by atoms with Crippen LogP contribution in [-0.4, -0.2) is 82.3 Å². The van der Waals surface area contributed by atoms with Crippen molar-refractivity contribution < 1.29 is 19.1 Å². The summed E-state index contributed by atoms with van der Waals surface area (Å²) in [6.45, 7) is 9.22. The molecule has 8 rings (SSSR count). The molecular weight excluding hydrogens is 600 g/mol. The number of carbonyl (C=O) groups excluding carboxylic acids is 2. The normalized spacial score (nSPS) is 31.6. The molecule has 2 amide bonds. The Bertz CT molecular complexity index is 1290. The van der Waals surface area contributed by atoms with Crippen molar-refractivity contribution in [1.29, 1.82) is 0 Å². The van der Waals surface area contributed by atoms with Gasteiger partial charge in [0, 0.05) is 51.4 Å². The highest BCUT2D eigenvalue weighted by atomic mass is 16.5. The second kappa shape index (κ2) is 13.9. The lowest BCUT2D eigenvalue weighted by Gasteiger charge is -2.49. The van der Waals surface area contributed by atoms with Gasteiger partial charge < -0.3 is 29.9 Å². The summed E-state index contributed by atoms with van der Waals surface area (Å²) >= 11 is 0. The van der Waals surface area contributed by atoms with Gasteiger partial charge in [-0.1, -0.05) is 60.7 Å². The van der Waals surface area contributed by atoms with Gasteiger partial charge in [-0.3, -0.25) is 9.59 Å². The Hall–Kier alpha value is -2.78. The van der Waals surface area contributed by atoms with Crippen LogP contribution in [0.4, 0.5) is 0 Å². The van der Waals surface area contributed by atoms with Crippen LogP contribution in [0.3, 0.4) is 0 Å². The van der Waals surface area contributed by atoms with Gasteiger partial charge in [0.05, 0.1) is 11.2 Å². The van der Waals surface area contributed by atoms with Gasteiger partial charge in [-0.15, -0.1) is 0 Å². The third kappa shape index (κ3) is 7.23. The fourth-order valence-corrected chi connectivity index (χ4v) is 8.70. The highest BCUT2D eigenvalue weighted by molar-refractivity contribution is 5.89. The lowest BCUT2D eigenvalue weighted by atomic mass is 9.80. The molecule has 2 saturated heterocycles. The average Bonchev–Trinajstić information content (AvgIpc) is 4.07. The topological polar surface area (TPSA) is 83.1 Å². The van der Waals surface area contributed by atoms with Gasteiger partial charge in [0.2, 0.25) is 0 Å². The van der Waals surface area contributed by atoms with E-state index in [0.29, 0.717) is 12.1 Å². The molecular formula is C40H56N4O4. The molecule has 6 aliphatic rings. The van der Waals surface area contributed by atoms with Gasteiger partial charge in [-0.2, -0.15) is 0 Å². The second-order valence-corrected chi connectivity index (χ2v) is 15.5. The Morgan fingerprint density at radius 2 is 0.938 bits per heavy atom. The number of nitrogens with one attached hydrogen (secondary N) is 2. The maximum Gasteiger partial charge on any atom is 0.254 e. The van der Waals surface area contributed by atoms with Gasteiger partial charge >= 0.3 is 0 Å². The average molecular weight is 657 g/mol. The summed E-state index contributed by atoms with van der Waals surface area (Å²) in [6, 6.07) is 22.3. The van der Waals surface area contributed by atoms with Crippen molar-refractivity contribution in [2.24, 2.45) is 0 Å². The molecule has 6 fully saturated rings. The van der Waals surface area contributed by atoms with Crippen molar-refractivity contribution >= 4 is 11.8 Å². The highest BCUT2D eigenvalue weighted by Crippen LogP contribution is 2.52. The molecule has 0 aromatic heterocycles. The Labute approximate surface area is 287 Å². The first-order chi connectivity index (χ1) is 23.3. The lowest BCUT2D eigenvalue weighted by molar-refractivity contribution is -0.198. The number of carbonyl (C=O) groups is 2. The van der Waals surface area contributed by atoms with Crippen molar-refractivity contribution in [3.8, 4) is 0 Å². The van der Waals surface area contributed by atoms with Crippen molar-refractivity contribution in [2.75, 3.05) is 26.2 Å². The number of rotatable bonds is 8. The predicted molar refractivity (Wildman–Crippen MR) is 187 cm³/mol. The number of benzene rings is 2. The molecule has 2 aromatic carbocycles. The minimum Gasteiger partial charge on any atom is -0.357 e. The Balaban J connectivity index is 0.000000152. The molecule has 48 heavy (non-hydrogen) atoms. The van der Waals surface area contributed by atoms with E-state index in [0.717, 1.165) is 116 Å². The molecule has 8 nitrogen and oxygen atoms in total. The van der Waals surface area contributed by atoms with Crippen LogP contribution in [0.5, 0.6) is 0 Å². The number of likely N-dealkylation sites (N-methyl/N-ethyl adjacent to an activating group) is 2. The van der Waals surface area contributed by atoms with Crippen LogP contribution in [-0.2, 0) is 32.2 Å². The summed E-state index contributed by atoms with van der Waals surface area (Å²) in [4.78, 5) is 29.0. The minimum atomic E-state index is -0.446. The molecule has 8 heteroatoms. The van der Waals surface area contributed by atoms with Crippen LogP contribution in [0.15, 0.2) is 60.7 Å². The summed E-state index contributed by atoms with van der Waals surface area (Å²) in [5.74, 6) is 0.472. The van der Waals surface area contributed by atoms with Gasteiger partial charge in [-0.25, -0.2) is 0 Å². The number of ether oxygens (including phenoxy) is 2. The first kappa shape index (κ1) is 33.7. The number of nitrogens with zero attached hydrogens (tertiary/aromatic N) is 2. The summed E-state index contributed by atoms with van der Waals surface area (Å²) in [7, 11) is 0. The highest BCUT2D eigenvalue weighted by Gasteiger charge is 2.62. The zero-order valence-electron chi connectivity index (χ0n) is 29.2. The SMILES string of the molecule is CCN1CC2(CCC(NCc3ccccc3)CC2)OC2(CC2)C1=O.CCN1CC2(CCC(NCc3ccccc3)CC2)OC2(CC2)C1=O. The summed E-state index contributed by atoms with van der Waals surface area (Å²) in [6.07, 6.45) is 12.4. The van der Waals surface area contributed by atoms with E-state index in [2.05, 4.69) is 85.1 Å². The molecule has 2 heterocycles. The molecule has 0 bridgehead atoms. The summed E-state index contributed by atoms with van der Waals surface area (Å²) < 4.78 is 12.9. The van der Waals surface area contributed by atoms with E-state index in [1.807, 2.05) is 9.80 Å². The molecule has 2 aliphatic heterocycles. The Morgan fingerprint density at radius 3 is 1.25 bits per heavy atom. The van der Waals surface area contributed by atoms with E-state index in [4.69, 9.17) is 9.47 Å². The zero-order chi connectivity index (χ0) is 33.2. The molecule has 4 spiro atoms. The maximum atomic E-state index is 12.5. The number of hydrogen-bond acceptors (Lipinski definition) is 6. The van der Waals surface area contributed by atoms with E-state index < -0.39 is 11.2 Å². The number of hydrogen-bond donors (Lipinski definition) is 2. The Morgan fingerprint density at radius 1 is 0.583 bits per heavy atom. The fraction of sp³-hybridized carbons (Fsp3) is 0.650. The predicted octanol–water partition coefficient (Wildman–Crippen LogP) is 5.74. The monoisotopic (exact) mass is 656 g/mol. The fourth-order valence-electron chi connectivity index (χ4n) is 8.70. The van der Waals surface area contributed by atoms with E-state index in [1.165, 1.54) is 11.1 Å². The molecule has 0 unspecified atom stereocenters. The molecule has 2 N–H and O–H groups in total. The quantitative estimate of drug-likeness (QED) is 0.378. The zero-order valence-corrected chi connectivity index (χ0v) is 29.2. The standard InChI is InChI=1S/2C20H28N2O2/c2*1-2-22-15-19(24-20(12-13-20)18(22)23)10-8-17(9-11-19)21-14-16-6-4-3-5-7-16/h2*3-7,17,21H,2,8-15H2,1H3. The molecule has 4 saturated carbocycles. The molecule has 260 valence electrons. The van der Waals surface area contributed by atoms with E-state index in [-0.39, 0.29) is 23.0 Å². The van der Waals surface area contributed by atoms with E-state index in [1.54, 1.807) is 0 Å². The van der Waals surface area contributed by atoms with E-state index in [9.17, 15) is 9.59 Å². The summed E-state index contributed by atoms with van der Waals surface area (Å²) in [5, 5.41) is 7.39. The van der Waals surface area contributed by atoms with Crippen molar-refractivity contribution in [1.82, 2.24) is 20.4 Å². The maximum absolute atomic E-state index is 12.5. The molecule has 0 atom stereocenters. The van der Waals surface area contributed by atoms with E-state index >= 15 is 0 Å². The van der Waals surface area contributed by atoms with Gasteiger partial charge in [0.25, 0.3) is 11.8 Å². The minimum absolute atomic E-state index is 0.0919. The third-order valence-corrected chi connectivity index (χ3v) is 12.0. The molecule has 0 radical (unpaired) electrons. The van der Waals surface area contributed by atoms with Crippen LogP contribution in [0.1, 0.15) is 102 Å². The molecule has 2 aromatic rings. The largest absolute Gasteiger partial charge is 0.357 e. The van der Waals surface area contributed by atoms with Crippen molar-refractivity contribution in [3.63, 3.8) is 0 Å². The van der Waals surface area contributed by atoms with Crippen molar-refractivity contribution in [2.45, 2.75) is 138 Å². The van der Waals surface area contributed by atoms with Crippen LogP contribution >= 0.6 is 0 Å². The summed E-state index contributed by atoms with van der Waals surface area (Å²) in [5.41, 5.74) is 1.60. The van der Waals surface area contributed by atoms with Crippen molar-refractivity contribution in [3.05, 3.63) is 71.8 Å². The van der Waals surface area contributed by atoms with Crippen LogP contribution < -0.4 is 10.6 Å². The van der Waals surface area contributed by atoms with Gasteiger partial charge in [0.1, 0.15) is 11.2 Å². The number of morpholine rings is 2. The van der Waals surface area contributed by atoms with Gasteiger partial charge in [-0.05, 0) is 102 Å². The van der Waals surface area contributed by atoms with Gasteiger partial charge in [0.15, 0.2) is 0 Å². The first-order valence-electron chi connectivity index (χ1n) is 18.8. The second-order valence-electron chi connectivity index (χ2n) is 15.5. The lowest BCUT2D eigenvalue weighted by Crippen LogP contribution is -2.61. The van der Waals surface area contributed by atoms with Crippen LogP contribution in [0, 0.1) is 0 Å². The Kier molecular flexibility index (Phi) is 9.73. The third-order valence-electron chi connectivity index (χ3n) is 12.0. The smallest absolute Gasteiger partial charge is 0.254 e. The van der Waals surface area contributed by atoms with Crippen LogP contribution in [0.25, 0.3) is 0 Å². The molecule has 4 aliphatic carbocycles. The number of amides is 2. The van der Waals surface area contributed by atoms with Crippen LogP contribution in [0.2, 0.25) is 0 Å². The first-order valence-corrected chi connectivity index (χ1v) is 18.8.